The smallest absolute Gasteiger partial charge is 0.324 e. The monoisotopic (exact) mass is 415 g/mol. The number of hydrogen-bond acceptors (Lipinski definition) is 7. The van der Waals surface area contributed by atoms with Crippen molar-refractivity contribution in [3.8, 4) is 0 Å². The van der Waals surface area contributed by atoms with Crippen LogP contribution in [0.2, 0.25) is 5.02 Å². The largest absolute Gasteiger partial charge is 0.480 e. The second-order valence-corrected chi connectivity index (χ2v) is 7.26. The maximum atomic E-state index is 13.0. The van der Waals surface area contributed by atoms with Crippen molar-refractivity contribution >= 4 is 44.7 Å². The van der Waals surface area contributed by atoms with Crippen LogP contribution in [-0.4, -0.2) is 35.9 Å². The van der Waals surface area contributed by atoms with Crippen molar-refractivity contribution in [3.63, 3.8) is 0 Å². The van der Waals surface area contributed by atoms with Gasteiger partial charge in [0.1, 0.15) is 6.54 Å². The number of nitrogens with zero attached hydrogens (tertiary/aromatic N) is 3. The van der Waals surface area contributed by atoms with Gasteiger partial charge in [-0.2, -0.15) is 0 Å². The molecule has 1 N–H and O–H groups in total. The number of aliphatic carboxylic acids is 1. The van der Waals surface area contributed by atoms with Crippen LogP contribution in [0.3, 0.4) is 0 Å². The van der Waals surface area contributed by atoms with Gasteiger partial charge in [0.05, 0.1) is 20.6 Å². The summed E-state index contributed by atoms with van der Waals surface area (Å²) in [5, 5.41) is 30.9. The SMILES string of the molecule is O=C(O)CN(c1cc([N+](=O)[O-])ccc1Cl)S(=O)(=O)c1ccccc1[N+](=O)[O-]. The van der Waals surface area contributed by atoms with Crippen molar-refractivity contribution in [2.45, 2.75) is 4.90 Å². The molecule has 142 valence electrons. The number of hydrogen-bond donors (Lipinski definition) is 1. The number of nitro groups is 2. The average molecular weight is 416 g/mol. The summed E-state index contributed by atoms with van der Waals surface area (Å²) < 4.78 is 26.2. The Kier molecular flexibility index (Phi) is 5.61. The summed E-state index contributed by atoms with van der Waals surface area (Å²) in [5.74, 6) is -1.60. The Morgan fingerprint density at radius 2 is 1.74 bits per heavy atom. The van der Waals surface area contributed by atoms with Crippen molar-refractivity contribution in [3.05, 3.63) is 67.7 Å². The molecular weight excluding hydrogens is 406 g/mol. The Morgan fingerprint density at radius 3 is 2.30 bits per heavy atom. The Labute approximate surface area is 156 Å². The highest BCUT2D eigenvalue weighted by atomic mass is 35.5. The highest BCUT2D eigenvalue weighted by Gasteiger charge is 2.34. The lowest BCUT2D eigenvalue weighted by atomic mass is 10.3. The van der Waals surface area contributed by atoms with E-state index in [-0.39, 0.29) is 9.33 Å². The van der Waals surface area contributed by atoms with E-state index in [2.05, 4.69) is 0 Å². The summed E-state index contributed by atoms with van der Waals surface area (Å²) in [5.41, 5.74) is -1.82. The summed E-state index contributed by atoms with van der Waals surface area (Å²) in [7, 11) is -4.79. The van der Waals surface area contributed by atoms with Gasteiger partial charge in [0.15, 0.2) is 4.90 Å². The zero-order valence-corrected chi connectivity index (χ0v) is 14.8. The lowest BCUT2D eigenvalue weighted by Crippen LogP contribution is -2.36. The van der Waals surface area contributed by atoms with Crippen LogP contribution in [0.25, 0.3) is 0 Å². The van der Waals surface area contributed by atoms with Gasteiger partial charge in [0.25, 0.3) is 21.4 Å². The summed E-state index contributed by atoms with van der Waals surface area (Å²) in [6.45, 7) is -1.16. The topological polar surface area (TPSA) is 161 Å². The zero-order chi connectivity index (χ0) is 20.4. The van der Waals surface area contributed by atoms with Crippen molar-refractivity contribution in [1.29, 1.82) is 0 Å². The third-order valence-electron chi connectivity index (χ3n) is 3.32. The molecule has 0 aliphatic rings. The maximum Gasteiger partial charge on any atom is 0.324 e. The molecule has 0 aliphatic heterocycles. The number of carboxylic acid groups (broad SMARTS) is 1. The fourth-order valence-corrected chi connectivity index (χ4v) is 4.03. The summed E-state index contributed by atoms with van der Waals surface area (Å²) in [4.78, 5) is 30.8. The first-order valence-electron chi connectivity index (χ1n) is 6.97. The standard InChI is InChI=1S/C14H10ClN3O8S/c15-10-6-5-9(17(21)22)7-12(10)16(8-14(19)20)27(25,26)13-4-2-1-3-11(13)18(23)24/h1-7H,8H2,(H,19,20). The van der Waals surface area contributed by atoms with Gasteiger partial charge in [0.2, 0.25) is 0 Å². The number of carboxylic acids is 1. The van der Waals surface area contributed by atoms with Crippen LogP contribution in [-0.2, 0) is 14.8 Å². The first-order valence-corrected chi connectivity index (χ1v) is 8.79. The van der Waals surface area contributed by atoms with Gasteiger partial charge < -0.3 is 5.11 Å². The highest BCUT2D eigenvalue weighted by Crippen LogP contribution is 2.35. The van der Waals surface area contributed by atoms with E-state index in [0.717, 1.165) is 30.3 Å². The number of benzene rings is 2. The van der Waals surface area contributed by atoms with E-state index in [9.17, 15) is 33.4 Å². The molecule has 0 aromatic heterocycles. The normalized spacial score (nSPS) is 11.0. The molecule has 2 aromatic rings. The first-order chi connectivity index (χ1) is 12.6. The van der Waals surface area contributed by atoms with Gasteiger partial charge in [-0.3, -0.25) is 29.3 Å². The van der Waals surface area contributed by atoms with E-state index in [1.807, 2.05) is 0 Å². The fourth-order valence-electron chi connectivity index (χ4n) is 2.17. The lowest BCUT2D eigenvalue weighted by Gasteiger charge is -2.23. The molecule has 0 saturated heterocycles. The molecule has 11 nitrogen and oxygen atoms in total. The van der Waals surface area contributed by atoms with Crippen molar-refractivity contribution in [2.75, 3.05) is 10.8 Å². The Morgan fingerprint density at radius 1 is 1.11 bits per heavy atom. The molecule has 2 rings (SSSR count). The summed E-state index contributed by atoms with van der Waals surface area (Å²) in [6.07, 6.45) is 0. The third-order valence-corrected chi connectivity index (χ3v) is 5.44. The molecule has 0 heterocycles. The first kappa shape index (κ1) is 20.1. The van der Waals surface area contributed by atoms with E-state index >= 15 is 0 Å². The molecule has 0 atom stereocenters. The number of anilines is 1. The fraction of sp³-hybridized carbons (Fsp3) is 0.0714. The molecule has 0 spiro atoms. The molecule has 13 heteroatoms. The minimum absolute atomic E-state index is 0.271. The van der Waals surface area contributed by atoms with Crippen molar-refractivity contribution in [1.82, 2.24) is 0 Å². The van der Waals surface area contributed by atoms with E-state index < -0.39 is 54.3 Å². The van der Waals surface area contributed by atoms with Crippen LogP contribution in [0.5, 0.6) is 0 Å². The van der Waals surface area contributed by atoms with Crippen LogP contribution in [0, 0.1) is 20.2 Å². The molecular formula is C14H10ClN3O8S. The predicted octanol–water partition coefficient (Wildman–Crippen LogP) is 2.44. The maximum absolute atomic E-state index is 13.0. The molecule has 0 bridgehead atoms. The van der Waals surface area contributed by atoms with E-state index in [1.165, 1.54) is 12.1 Å². The Hall–Kier alpha value is -3.25. The number of non-ortho nitro benzene ring substituents is 1. The Balaban J connectivity index is 2.75. The highest BCUT2D eigenvalue weighted by molar-refractivity contribution is 7.93. The number of sulfonamides is 1. The van der Waals surface area contributed by atoms with Crippen LogP contribution in [0.1, 0.15) is 0 Å². The predicted molar refractivity (Wildman–Crippen MR) is 93.4 cm³/mol. The summed E-state index contributed by atoms with van der Waals surface area (Å²) >= 11 is 5.92. The van der Waals surface area contributed by atoms with Crippen LogP contribution in [0.15, 0.2) is 47.4 Å². The van der Waals surface area contributed by atoms with Gasteiger partial charge in [-0.1, -0.05) is 23.7 Å². The van der Waals surface area contributed by atoms with Crippen molar-refractivity contribution < 1.29 is 28.2 Å². The molecule has 2 aromatic carbocycles. The molecule has 0 saturated carbocycles. The van der Waals surface area contributed by atoms with Gasteiger partial charge in [0, 0.05) is 18.2 Å². The van der Waals surface area contributed by atoms with Gasteiger partial charge in [-0.15, -0.1) is 0 Å². The molecule has 27 heavy (non-hydrogen) atoms. The van der Waals surface area contributed by atoms with Gasteiger partial charge in [-0.05, 0) is 12.1 Å². The van der Waals surface area contributed by atoms with Crippen LogP contribution >= 0.6 is 11.6 Å². The molecule has 0 unspecified atom stereocenters. The second-order valence-electron chi connectivity index (χ2n) is 5.02. The van der Waals surface area contributed by atoms with E-state index in [4.69, 9.17) is 16.7 Å². The Bertz CT molecular complexity index is 1040. The number of nitro benzene ring substituents is 2. The second kappa shape index (κ2) is 7.55. The number of carbonyl (C=O) groups is 1. The summed E-state index contributed by atoms with van der Waals surface area (Å²) in [6, 6.07) is 7.11. The quantitative estimate of drug-likeness (QED) is 0.532. The van der Waals surface area contributed by atoms with Crippen molar-refractivity contribution in [2.24, 2.45) is 0 Å². The van der Waals surface area contributed by atoms with E-state index in [1.54, 1.807) is 0 Å². The lowest BCUT2D eigenvalue weighted by molar-refractivity contribution is -0.387. The number of halogens is 1. The van der Waals surface area contributed by atoms with Gasteiger partial charge >= 0.3 is 5.97 Å². The van der Waals surface area contributed by atoms with E-state index in [0.29, 0.717) is 0 Å². The third kappa shape index (κ3) is 4.12. The minimum Gasteiger partial charge on any atom is -0.480 e. The zero-order valence-electron chi connectivity index (χ0n) is 13.2. The molecule has 0 amide bonds. The molecule has 0 fully saturated rings. The minimum atomic E-state index is -4.79. The molecule has 0 radical (unpaired) electrons. The molecule has 0 aliphatic carbocycles. The number of para-hydroxylation sites is 1. The average Bonchev–Trinajstić information content (AvgIpc) is 2.59. The van der Waals surface area contributed by atoms with Crippen LogP contribution < -0.4 is 4.31 Å². The number of rotatable bonds is 7. The van der Waals surface area contributed by atoms with Gasteiger partial charge in [-0.25, -0.2) is 8.42 Å². The van der Waals surface area contributed by atoms with Crippen LogP contribution in [0.4, 0.5) is 17.1 Å².